The second-order valence-electron chi connectivity index (χ2n) is 7.30. The van der Waals surface area contributed by atoms with Crippen molar-refractivity contribution in [3.63, 3.8) is 0 Å². The molecule has 0 radical (unpaired) electrons. The molecule has 0 fully saturated rings. The number of H-pyrrole nitrogens is 1. The molecule has 0 amide bonds. The second kappa shape index (κ2) is 8.79. The molecule has 7 nitrogen and oxygen atoms in total. The van der Waals surface area contributed by atoms with Gasteiger partial charge in [-0.2, -0.15) is 0 Å². The average Bonchev–Trinajstić information content (AvgIpc) is 3.32. The standard InChI is InChI=1S/C22H25N5O2S/c1-15(2)27-20(16-9-11-17(29-3)12-10-16)24-25-22(27)30-14-6-13-26-19-8-5-4-7-18(19)23-21(26)28/h4-5,7-12,15H,6,13-14H2,1-3H3,(H,23,28). The Bertz CT molecular complexity index is 1190. The smallest absolute Gasteiger partial charge is 0.326 e. The van der Waals surface area contributed by atoms with Crippen LogP contribution < -0.4 is 10.4 Å². The Morgan fingerprint density at radius 1 is 1.10 bits per heavy atom. The minimum absolute atomic E-state index is 0.0617. The summed E-state index contributed by atoms with van der Waals surface area (Å²) in [5.41, 5.74) is 2.76. The third kappa shape index (κ3) is 4.00. The van der Waals surface area contributed by atoms with Gasteiger partial charge in [-0.1, -0.05) is 23.9 Å². The summed E-state index contributed by atoms with van der Waals surface area (Å²) in [6, 6.07) is 15.9. The van der Waals surface area contributed by atoms with Gasteiger partial charge < -0.3 is 9.72 Å². The first-order valence-electron chi connectivity index (χ1n) is 9.98. The summed E-state index contributed by atoms with van der Waals surface area (Å²) < 4.78 is 9.20. The number of nitrogens with zero attached hydrogens (tertiary/aromatic N) is 4. The van der Waals surface area contributed by atoms with E-state index >= 15 is 0 Å². The van der Waals surface area contributed by atoms with Crippen LogP contribution in [0.4, 0.5) is 0 Å². The molecule has 30 heavy (non-hydrogen) atoms. The van der Waals surface area contributed by atoms with Crippen molar-refractivity contribution in [2.24, 2.45) is 0 Å². The first kappa shape index (κ1) is 20.3. The van der Waals surface area contributed by atoms with Crippen molar-refractivity contribution in [3.05, 3.63) is 59.0 Å². The lowest BCUT2D eigenvalue weighted by Crippen LogP contribution is -2.17. The van der Waals surface area contributed by atoms with Crippen molar-refractivity contribution < 1.29 is 4.74 Å². The maximum Gasteiger partial charge on any atom is 0.326 e. The first-order chi connectivity index (χ1) is 14.6. The number of aromatic amines is 1. The van der Waals surface area contributed by atoms with Crippen LogP contribution in [-0.4, -0.2) is 37.2 Å². The van der Waals surface area contributed by atoms with E-state index in [1.807, 2.05) is 48.5 Å². The molecule has 0 aliphatic heterocycles. The molecule has 4 rings (SSSR count). The zero-order chi connectivity index (χ0) is 21.1. The number of methoxy groups -OCH3 is 1. The number of para-hydroxylation sites is 2. The third-order valence-corrected chi connectivity index (χ3v) is 6.00. The number of benzene rings is 2. The molecule has 1 N–H and O–H groups in total. The molecular formula is C22H25N5O2S. The zero-order valence-electron chi connectivity index (χ0n) is 17.3. The lowest BCUT2D eigenvalue weighted by molar-refractivity contribution is 0.415. The molecule has 0 unspecified atom stereocenters. The second-order valence-corrected chi connectivity index (χ2v) is 8.36. The molecule has 0 spiro atoms. The average molecular weight is 424 g/mol. The van der Waals surface area contributed by atoms with E-state index in [1.54, 1.807) is 23.4 Å². The predicted octanol–water partition coefficient (Wildman–Crippen LogP) is 4.36. The molecule has 156 valence electrons. The van der Waals surface area contributed by atoms with Crippen molar-refractivity contribution in [2.75, 3.05) is 12.9 Å². The summed E-state index contributed by atoms with van der Waals surface area (Å²) in [7, 11) is 1.66. The highest BCUT2D eigenvalue weighted by molar-refractivity contribution is 7.99. The SMILES string of the molecule is COc1ccc(-c2nnc(SCCCn3c(=O)[nH]c4ccccc43)n2C(C)C)cc1. The van der Waals surface area contributed by atoms with Gasteiger partial charge in [-0.15, -0.1) is 10.2 Å². The summed E-state index contributed by atoms with van der Waals surface area (Å²) >= 11 is 1.67. The number of hydrogen-bond acceptors (Lipinski definition) is 5. The van der Waals surface area contributed by atoms with E-state index in [-0.39, 0.29) is 11.7 Å². The maximum absolute atomic E-state index is 12.2. The Hall–Kier alpha value is -3.00. The highest BCUT2D eigenvalue weighted by Crippen LogP contribution is 2.29. The van der Waals surface area contributed by atoms with Crippen LogP contribution in [0.2, 0.25) is 0 Å². The monoisotopic (exact) mass is 423 g/mol. The summed E-state index contributed by atoms with van der Waals surface area (Å²) in [5.74, 6) is 2.51. The van der Waals surface area contributed by atoms with Gasteiger partial charge in [0.15, 0.2) is 11.0 Å². The van der Waals surface area contributed by atoms with E-state index in [2.05, 4.69) is 33.6 Å². The van der Waals surface area contributed by atoms with Gasteiger partial charge >= 0.3 is 5.69 Å². The van der Waals surface area contributed by atoms with Gasteiger partial charge in [0.1, 0.15) is 5.75 Å². The number of aromatic nitrogens is 5. The molecule has 0 saturated carbocycles. The van der Waals surface area contributed by atoms with E-state index in [4.69, 9.17) is 4.74 Å². The first-order valence-corrected chi connectivity index (χ1v) is 11.0. The highest BCUT2D eigenvalue weighted by atomic mass is 32.2. The Balaban J connectivity index is 1.46. The normalized spacial score (nSPS) is 11.5. The van der Waals surface area contributed by atoms with Gasteiger partial charge in [-0.3, -0.25) is 9.13 Å². The molecule has 0 atom stereocenters. The minimum Gasteiger partial charge on any atom is -0.497 e. The number of nitrogens with one attached hydrogen (secondary N) is 1. The van der Waals surface area contributed by atoms with Crippen LogP contribution in [0.5, 0.6) is 5.75 Å². The lowest BCUT2D eigenvalue weighted by Gasteiger charge is -2.14. The molecule has 2 heterocycles. The number of rotatable bonds is 8. The molecule has 0 aliphatic carbocycles. The van der Waals surface area contributed by atoms with Gasteiger partial charge in [0.05, 0.1) is 18.1 Å². The van der Waals surface area contributed by atoms with Crippen LogP contribution in [-0.2, 0) is 6.54 Å². The minimum atomic E-state index is -0.0617. The van der Waals surface area contributed by atoms with E-state index in [0.717, 1.165) is 45.5 Å². The van der Waals surface area contributed by atoms with Gasteiger partial charge in [0.25, 0.3) is 0 Å². The van der Waals surface area contributed by atoms with E-state index in [0.29, 0.717) is 6.54 Å². The van der Waals surface area contributed by atoms with Gasteiger partial charge in [-0.25, -0.2) is 4.79 Å². The van der Waals surface area contributed by atoms with Crippen molar-refractivity contribution in [1.82, 2.24) is 24.3 Å². The van der Waals surface area contributed by atoms with Crippen LogP contribution in [0, 0.1) is 0 Å². The van der Waals surface area contributed by atoms with Crippen LogP contribution in [0.15, 0.2) is 58.5 Å². The van der Waals surface area contributed by atoms with Crippen molar-refractivity contribution in [1.29, 1.82) is 0 Å². The molecule has 2 aromatic heterocycles. The Kier molecular flexibility index (Phi) is 5.94. The van der Waals surface area contributed by atoms with Crippen molar-refractivity contribution in [3.8, 4) is 17.1 Å². The number of hydrogen-bond donors (Lipinski definition) is 1. The van der Waals surface area contributed by atoms with Crippen molar-refractivity contribution >= 4 is 22.8 Å². The van der Waals surface area contributed by atoms with Gasteiger partial charge in [-0.05, 0) is 56.7 Å². The van der Waals surface area contributed by atoms with E-state index in [9.17, 15) is 4.79 Å². The van der Waals surface area contributed by atoms with Crippen LogP contribution >= 0.6 is 11.8 Å². The third-order valence-electron chi connectivity index (χ3n) is 4.97. The maximum atomic E-state index is 12.2. The topological polar surface area (TPSA) is 77.7 Å². The summed E-state index contributed by atoms with van der Waals surface area (Å²) in [6.07, 6.45) is 0.856. The van der Waals surface area contributed by atoms with Crippen LogP contribution in [0.25, 0.3) is 22.4 Å². The van der Waals surface area contributed by atoms with E-state index < -0.39 is 0 Å². The van der Waals surface area contributed by atoms with Gasteiger partial charge in [0, 0.05) is 23.9 Å². The Morgan fingerprint density at radius 3 is 2.60 bits per heavy atom. The molecule has 8 heteroatoms. The number of thioether (sulfide) groups is 1. The van der Waals surface area contributed by atoms with Crippen molar-refractivity contribution in [2.45, 2.75) is 38.0 Å². The summed E-state index contributed by atoms with van der Waals surface area (Å²) in [6.45, 7) is 4.93. The quantitative estimate of drug-likeness (QED) is 0.337. The fraction of sp³-hybridized carbons (Fsp3) is 0.318. The predicted molar refractivity (Wildman–Crippen MR) is 120 cm³/mol. The Labute approximate surface area is 179 Å². The molecule has 2 aromatic carbocycles. The molecule has 0 aliphatic rings. The number of imidazole rings is 1. The van der Waals surface area contributed by atoms with Crippen LogP contribution in [0.3, 0.4) is 0 Å². The number of ether oxygens (including phenoxy) is 1. The fourth-order valence-corrected chi connectivity index (χ4v) is 4.48. The van der Waals surface area contributed by atoms with Crippen LogP contribution in [0.1, 0.15) is 26.3 Å². The summed E-state index contributed by atoms with van der Waals surface area (Å²) in [4.78, 5) is 15.1. The molecule has 0 saturated heterocycles. The van der Waals surface area contributed by atoms with Gasteiger partial charge in [0.2, 0.25) is 0 Å². The number of fused-ring (bicyclic) bond motifs is 1. The lowest BCUT2D eigenvalue weighted by atomic mass is 10.2. The highest BCUT2D eigenvalue weighted by Gasteiger charge is 2.17. The Morgan fingerprint density at radius 2 is 1.87 bits per heavy atom. The number of aryl methyl sites for hydroxylation is 1. The summed E-state index contributed by atoms with van der Waals surface area (Å²) in [5, 5.41) is 9.76. The molecule has 0 bridgehead atoms. The van der Waals surface area contributed by atoms with E-state index in [1.165, 1.54) is 0 Å². The molecule has 4 aromatic rings. The molecular weight excluding hydrogens is 398 g/mol. The fourth-order valence-electron chi connectivity index (χ4n) is 3.49. The zero-order valence-corrected chi connectivity index (χ0v) is 18.1. The largest absolute Gasteiger partial charge is 0.497 e.